The first-order chi connectivity index (χ1) is 11.1. The third-order valence-electron chi connectivity index (χ3n) is 3.56. The minimum atomic E-state index is -0.508. The Morgan fingerprint density at radius 2 is 1.96 bits per heavy atom. The smallest absolute Gasteiger partial charge is 0.438 e. The van der Waals surface area contributed by atoms with Gasteiger partial charge in [0.2, 0.25) is 0 Å². The Morgan fingerprint density at radius 1 is 1.22 bits per heavy atom. The highest BCUT2D eigenvalue weighted by Gasteiger charge is 2.19. The SMILES string of the molecule is CCOC(=O)N(OCC)c1cccc(NN2CCN(C)CC2)c1. The highest BCUT2D eigenvalue weighted by molar-refractivity contribution is 5.86. The van der Waals surface area contributed by atoms with Gasteiger partial charge in [-0.15, -0.1) is 0 Å². The zero-order chi connectivity index (χ0) is 16.7. The van der Waals surface area contributed by atoms with Crippen molar-refractivity contribution < 1.29 is 14.4 Å². The van der Waals surface area contributed by atoms with Crippen LogP contribution >= 0.6 is 0 Å². The molecule has 1 aliphatic rings. The van der Waals surface area contributed by atoms with Crippen LogP contribution in [0.15, 0.2) is 24.3 Å². The predicted molar refractivity (Wildman–Crippen MR) is 90.3 cm³/mol. The van der Waals surface area contributed by atoms with Crippen LogP contribution < -0.4 is 10.5 Å². The van der Waals surface area contributed by atoms with Gasteiger partial charge in [0.05, 0.1) is 24.6 Å². The number of likely N-dealkylation sites (N-methyl/N-ethyl adjacent to an activating group) is 1. The quantitative estimate of drug-likeness (QED) is 0.810. The summed E-state index contributed by atoms with van der Waals surface area (Å²) in [6.45, 7) is 8.26. The lowest BCUT2D eigenvalue weighted by Crippen LogP contribution is -2.46. The van der Waals surface area contributed by atoms with Gasteiger partial charge < -0.3 is 15.1 Å². The molecule has 1 heterocycles. The van der Waals surface area contributed by atoms with E-state index in [-0.39, 0.29) is 0 Å². The molecule has 7 heteroatoms. The van der Waals surface area contributed by atoms with Crippen molar-refractivity contribution >= 4 is 17.5 Å². The number of hydrogen-bond acceptors (Lipinski definition) is 6. The molecular formula is C16H26N4O3. The minimum absolute atomic E-state index is 0.307. The Hall–Kier alpha value is -1.83. The number of hydroxylamine groups is 1. The molecule has 1 fully saturated rings. The summed E-state index contributed by atoms with van der Waals surface area (Å²) in [5.74, 6) is 0. The number of piperazine rings is 1. The second-order valence-electron chi connectivity index (χ2n) is 5.36. The van der Waals surface area contributed by atoms with Gasteiger partial charge in [0.15, 0.2) is 0 Å². The molecule has 2 rings (SSSR count). The summed E-state index contributed by atoms with van der Waals surface area (Å²) >= 11 is 0. The van der Waals surface area contributed by atoms with Gasteiger partial charge in [-0.05, 0) is 39.1 Å². The first-order valence-electron chi connectivity index (χ1n) is 8.04. The van der Waals surface area contributed by atoms with Crippen molar-refractivity contribution in [2.45, 2.75) is 13.8 Å². The Bertz CT molecular complexity index is 504. The standard InChI is InChI=1S/C16H26N4O3/c1-4-22-16(21)20(23-5-2)15-8-6-7-14(13-15)17-19-11-9-18(3)10-12-19/h6-8,13,17H,4-5,9-12H2,1-3H3. The summed E-state index contributed by atoms with van der Waals surface area (Å²) in [7, 11) is 2.12. The molecule has 1 aromatic rings. The van der Waals surface area contributed by atoms with Gasteiger partial charge in [0.25, 0.3) is 0 Å². The lowest BCUT2D eigenvalue weighted by Gasteiger charge is -2.33. The lowest BCUT2D eigenvalue weighted by atomic mass is 10.3. The summed E-state index contributed by atoms with van der Waals surface area (Å²) in [4.78, 5) is 19.7. The molecule has 7 nitrogen and oxygen atoms in total. The van der Waals surface area contributed by atoms with Gasteiger partial charge >= 0.3 is 6.09 Å². The van der Waals surface area contributed by atoms with Gasteiger partial charge in [0, 0.05) is 26.2 Å². The number of hydrogen-bond donors (Lipinski definition) is 1. The van der Waals surface area contributed by atoms with Gasteiger partial charge in [-0.1, -0.05) is 6.07 Å². The molecule has 0 bridgehead atoms. The number of amides is 1. The molecular weight excluding hydrogens is 296 g/mol. The van der Waals surface area contributed by atoms with Crippen molar-refractivity contribution in [1.82, 2.24) is 9.91 Å². The number of nitrogens with one attached hydrogen (secondary N) is 1. The van der Waals surface area contributed by atoms with Crippen molar-refractivity contribution in [3.05, 3.63) is 24.3 Å². The van der Waals surface area contributed by atoms with Crippen LogP contribution in [0.25, 0.3) is 0 Å². The Balaban J connectivity index is 2.06. The first kappa shape index (κ1) is 17.5. The van der Waals surface area contributed by atoms with Crippen LogP contribution in [0.4, 0.5) is 16.2 Å². The van der Waals surface area contributed by atoms with E-state index >= 15 is 0 Å². The molecule has 1 saturated heterocycles. The van der Waals surface area contributed by atoms with Crippen LogP contribution in [0.3, 0.4) is 0 Å². The molecule has 0 aliphatic carbocycles. The maximum absolute atomic E-state index is 12.0. The van der Waals surface area contributed by atoms with Crippen LogP contribution in [-0.4, -0.2) is 62.4 Å². The van der Waals surface area contributed by atoms with E-state index in [0.29, 0.717) is 18.9 Å². The maximum Gasteiger partial charge on any atom is 0.438 e. The number of hydrazine groups is 1. The predicted octanol–water partition coefficient (Wildman–Crippen LogP) is 2.18. The second-order valence-corrected chi connectivity index (χ2v) is 5.36. The van der Waals surface area contributed by atoms with E-state index in [1.54, 1.807) is 6.92 Å². The van der Waals surface area contributed by atoms with Crippen LogP contribution in [0, 0.1) is 0 Å². The van der Waals surface area contributed by atoms with Crippen LogP contribution in [0.2, 0.25) is 0 Å². The van der Waals surface area contributed by atoms with Gasteiger partial charge in [-0.2, -0.15) is 5.06 Å². The van der Waals surface area contributed by atoms with E-state index in [9.17, 15) is 4.79 Å². The number of carbonyl (C=O) groups is 1. The fourth-order valence-electron chi connectivity index (χ4n) is 2.35. The molecule has 0 spiro atoms. The molecule has 0 aromatic heterocycles. The number of benzene rings is 1. The van der Waals surface area contributed by atoms with E-state index in [1.807, 2.05) is 31.2 Å². The molecule has 0 atom stereocenters. The summed E-state index contributed by atoms with van der Waals surface area (Å²) in [6, 6.07) is 7.56. The van der Waals surface area contributed by atoms with E-state index in [4.69, 9.17) is 9.57 Å². The zero-order valence-electron chi connectivity index (χ0n) is 14.1. The highest BCUT2D eigenvalue weighted by Crippen LogP contribution is 2.21. The van der Waals surface area contributed by atoms with Crippen molar-refractivity contribution in [1.29, 1.82) is 0 Å². The minimum Gasteiger partial charge on any atom is -0.448 e. The van der Waals surface area contributed by atoms with E-state index < -0.39 is 6.09 Å². The van der Waals surface area contributed by atoms with Gasteiger partial charge in [-0.25, -0.2) is 9.80 Å². The molecule has 1 aliphatic heterocycles. The molecule has 23 heavy (non-hydrogen) atoms. The summed E-state index contributed by atoms with van der Waals surface area (Å²) in [5, 5.41) is 3.37. The molecule has 1 amide bonds. The van der Waals surface area contributed by atoms with Crippen molar-refractivity contribution in [2.75, 3.05) is 56.9 Å². The number of anilines is 2. The van der Waals surface area contributed by atoms with E-state index in [0.717, 1.165) is 31.9 Å². The lowest BCUT2D eigenvalue weighted by molar-refractivity contribution is 0.0835. The van der Waals surface area contributed by atoms with E-state index in [1.165, 1.54) is 5.06 Å². The summed E-state index contributed by atoms with van der Waals surface area (Å²) in [5.41, 5.74) is 4.94. The van der Waals surface area contributed by atoms with Crippen LogP contribution in [0.1, 0.15) is 13.8 Å². The average Bonchev–Trinajstić information content (AvgIpc) is 2.55. The third-order valence-corrected chi connectivity index (χ3v) is 3.56. The van der Waals surface area contributed by atoms with Crippen LogP contribution in [0.5, 0.6) is 0 Å². The van der Waals surface area contributed by atoms with E-state index in [2.05, 4.69) is 22.4 Å². The van der Waals surface area contributed by atoms with Crippen molar-refractivity contribution in [2.24, 2.45) is 0 Å². The Labute approximate surface area is 137 Å². The highest BCUT2D eigenvalue weighted by atomic mass is 16.7. The second kappa shape index (κ2) is 8.71. The Kier molecular flexibility index (Phi) is 6.64. The summed E-state index contributed by atoms with van der Waals surface area (Å²) in [6.07, 6.45) is -0.508. The zero-order valence-corrected chi connectivity index (χ0v) is 14.1. The number of nitrogens with zero attached hydrogens (tertiary/aromatic N) is 3. The maximum atomic E-state index is 12.0. The molecule has 0 saturated carbocycles. The molecule has 0 unspecified atom stereocenters. The van der Waals surface area contributed by atoms with Crippen molar-refractivity contribution in [3.8, 4) is 0 Å². The fraction of sp³-hybridized carbons (Fsp3) is 0.562. The third kappa shape index (κ3) is 5.09. The average molecular weight is 322 g/mol. The largest absolute Gasteiger partial charge is 0.448 e. The number of rotatable bonds is 6. The molecule has 1 N–H and O–H groups in total. The van der Waals surface area contributed by atoms with Crippen LogP contribution in [-0.2, 0) is 9.57 Å². The van der Waals surface area contributed by atoms with Crippen molar-refractivity contribution in [3.63, 3.8) is 0 Å². The fourth-order valence-corrected chi connectivity index (χ4v) is 2.35. The van der Waals surface area contributed by atoms with Gasteiger partial charge in [0.1, 0.15) is 0 Å². The first-order valence-corrected chi connectivity index (χ1v) is 8.04. The normalized spacial score (nSPS) is 16.1. The topological polar surface area (TPSA) is 57.3 Å². The molecule has 1 aromatic carbocycles. The van der Waals surface area contributed by atoms with Gasteiger partial charge in [-0.3, -0.25) is 4.84 Å². The molecule has 128 valence electrons. The summed E-state index contributed by atoms with van der Waals surface area (Å²) < 4.78 is 5.04. The number of ether oxygens (including phenoxy) is 1. The monoisotopic (exact) mass is 322 g/mol. The number of carbonyl (C=O) groups excluding carboxylic acids is 1. The Morgan fingerprint density at radius 3 is 2.61 bits per heavy atom. The molecule has 0 radical (unpaired) electrons.